The van der Waals surface area contributed by atoms with E-state index in [1.807, 2.05) is 85.8 Å². The Labute approximate surface area is 183 Å². The number of rotatable bonds is 8. The summed E-state index contributed by atoms with van der Waals surface area (Å²) in [6, 6.07) is 34.0. The smallest absolute Gasteiger partial charge is 0.127 e. The van der Waals surface area contributed by atoms with Gasteiger partial charge in [-0.15, -0.1) is 0 Å². The normalized spacial score (nSPS) is 10.4. The van der Waals surface area contributed by atoms with Crippen LogP contribution in [0, 0.1) is 0 Å². The van der Waals surface area contributed by atoms with Gasteiger partial charge in [0.1, 0.15) is 23.0 Å². The van der Waals surface area contributed by atoms with Gasteiger partial charge in [-0.3, -0.25) is 0 Å². The second kappa shape index (κ2) is 9.72. The Morgan fingerprint density at radius 3 is 1.48 bits per heavy atom. The highest BCUT2D eigenvalue weighted by atomic mass is 16.5. The summed E-state index contributed by atoms with van der Waals surface area (Å²) in [5.41, 5.74) is 3.08. The predicted octanol–water partition coefficient (Wildman–Crippen LogP) is 7.36. The van der Waals surface area contributed by atoms with Crippen molar-refractivity contribution in [3.05, 3.63) is 103 Å². The van der Waals surface area contributed by atoms with Gasteiger partial charge in [-0.05, 0) is 91.9 Å². The van der Waals surface area contributed by atoms with Gasteiger partial charge in [0.15, 0.2) is 0 Å². The molecule has 0 aliphatic heterocycles. The molecule has 0 fully saturated rings. The van der Waals surface area contributed by atoms with E-state index in [9.17, 15) is 0 Å². The van der Waals surface area contributed by atoms with Gasteiger partial charge in [-0.2, -0.15) is 0 Å². The lowest BCUT2D eigenvalue weighted by Gasteiger charge is -2.26. The van der Waals surface area contributed by atoms with E-state index in [1.54, 1.807) is 7.11 Å². The molecule has 4 aromatic carbocycles. The molecule has 0 N–H and O–H groups in total. The predicted molar refractivity (Wildman–Crippen MR) is 125 cm³/mol. The zero-order valence-electron chi connectivity index (χ0n) is 17.7. The Bertz CT molecular complexity index is 1080. The van der Waals surface area contributed by atoms with Crippen LogP contribution in [0.4, 0.5) is 17.1 Å². The van der Waals surface area contributed by atoms with Gasteiger partial charge < -0.3 is 19.1 Å². The first-order chi connectivity index (χ1) is 15.3. The summed E-state index contributed by atoms with van der Waals surface area (Å²) in [6.07, 6.45) is 0. The maximum atomic E-state index is 5.95. The average Bonchev–Trinajstić information content (AvgIpc) is 2.83. The third-order valence-electron chi connectivity index (χ3n) is 4.81. The maximum absolute atomic E-state index is 5.95. The van der Waals surface area contributed by atoms with Gasteiger partial charge in [0.05, 0.1) is 13.7 Å². The van der Waals surface area contributed by atoms with Crippen molar-refractivity contribution < 1.29 is 14.2 Å². The number of hydrogen-bond donors (Lipinski definition) is 0. The average molecular weight is 412 g/mol. The number of para-hydroxylation sites is 1. The van der Waals surface area contributed by atoms with Crippen LogP contribution < -0.4 is 19.1 Å². The van der Waals surface area contributed by atoms with E-state index in [0.717, 1.165) is 40.1 Å². The van der Waals surface area contributed by atoms with Crippen LogP contribution in [0.2, 0.25) is 0 Å². The monoisotopic (exact) mass is 411 g/mol. The summed E-state index contributed by atoms with van der Waals surface area (Å²) in [4.78, 5) is 2.18. The lowest BCUT2D eigenvalue weighted by Crippen LogP contribution is -2.09. The Balaban J connectivity index is 1.66. The molecule has 0 aliphatic carbocycles. The topological polar surface area (TPSA) is 30.9 Å². The molecule has 156 valence electrons. The van der Waals surface area contributed by atoms with Gasteiger partial charge in [-0.1, -0.05) is 18.2 Å². The van der Waals surface area contributed by atoms with Crippen LogP contribution >= 0.6 is 0 Å². The molecule has 31 heavy (non-hydrogen) atoms. The van der Waals surface area contributed by atoms with Crippen molar-refractivity contribution >= 4 is 17.1 Å². The van der Waals surface area contributed by atoms with E-state index < -0.39 is 0 Å². The van der Waals surface area contributed by atoms with Crippen molar-refractivity contribution in [3.8, 4) is 23.0 Å². The quantitative estimate of drug-likeness (QED) is 0.303. The van der Waals surface area contributed by atoms with Crippen molar-refractivity contribution in [2.24, 2.45) is 0 Å². The molecule has 0 aromatic heterocycles. The van der Waals surface area contributed by atoms with Gasteiger partial charge in [0, 0.05) is 17.1 Å². The molecule has 0 unspecified atom stereocenters. The Hall–Kier alpha value is -3.92. The highest BCUT2D eigenvalue weighted by Crippen LogP contribution is 2.37. The van der Waals surface area contributed by atoms with Crippen LogP contribution in [0.1, 0.15) is 6.92 Å². The third-order valence-corrected chi connectivity index (χ3v) is 4.81. The molecule has 0 spiro atoms. The van der Waals surface area contributed by atoms with E-state index in [4.69, 9.17) is 14.2 Å². The second-order valence-corrected chi connectivity index (χ2v) is 6.87. The van der Waals surface area contributed by atoms with E-state index >= 15 is 0 Å². The van der Waals surface area contributed by atoms with E-state index in [1.165, 1.54) is 0 Å². The van der Waals surface area contributed by atoms with E-state index in [2.05, 4.69) is 29.2 Å². The Morgan fingerprint density at radius 1 is 0.548 bits per heavy atom. The lowest BCUT2D eigenvalue weighted by atomic mass is 10.2. The fourth-order valence-electron chi connectivity index (χ4n) is 3.32. The van der Waals surface area contributed by atoms with Gasteiger partial charge in [0.25, 0.3) is 0 Å². The van der Waals surface area contributed by atoms with E-state index in [-0.39, 0.29) is 0 Å². The molecular weight excluding hydrogens is 386 g/mol. The summed E-state index contributed by atoms with van der Waals surface area (Å²) in [7, 11) is 1.67. The Kier molecular flexibility index (Phi) is 6.38. The molecule has 0 saturated heterocycles. The molecule has 0 aliphatic rings. The molecule has 0 bridgehead atoms. The first kappa shape index (κ1) is 20.4. The lowest BCUT2D eigenvalue weighted by molar-refractivity contribution is 0.340. The largest absolute Gasteiger partial charge is 0.497 e. The first-order valence-corrected chi connectivity index (χ1v) is 10.3. The number of benzene rings is 4. The number of hydrogen-bond acceptors (Lipinski definition) is 4. The van der Waals surface area contributed by atoms with Crippen LogP contribution in [-0.2, 0) is 0 Å². The van der Waals surface area contributed by atoms with Crippen molar-refractivity contribution in [2.45, 2.75) is 6.92 Å². The highest BCUT2D eigenvalue weighted by molar-refractivity contribution is 5.77. The first-order valence-electron chi connectivity index (χ1n) is 10.3. The number of anilines is 3. The summed E-state index contributed by atoms with van der Waals surface area (Å²) in [6.45, 7) is 2.63. The van der Waals surface area contributed by atoms with Gasteiger partial charge in [-0.25, -0.2) is 0 Å². The molecule has 0 saturated carbocycles. The Morgan fingerprint density at radius 2 is 1.00 bits per heavy atom. The molecule has 0 heterocycles. The minimum Gasteiger partial charge on any atom is -0.497 e. The fraction of sp³-hybridized carbons (Fsp3) is 0.111. The van der Waals surface area contributed by atoms with Crippen molar-refractivity contribution in [1.82, 2.24) is 0 Å². The minimum atomic E-state index is 0.643. The minimum absolute atomic E-state index is 0.643. The summed E-state index contributed by atoms with van der Waals surface area (Å²) in [5.74, 6) is 3.28. The van der Waals surface area contributed by atoms with Crippen LogP contribution in [0.25, 0.3) is 0 Å². The molecule has 4 nitrogen and oxygen atoms in total. The van der Waals surface area contributed by atoms with Crippen LogP contribution in [0.15, 0.2) is 103 Å². The summed E-state index contributed by atoms with van der Waals surface area (Å²) in [5, 5.41) is 0. The zero-order valence-corrected chi connectivity index (χ0v) is 17.7. The molecule has 0 radical (unpaired) electrons. The number of ether oxygens (including phenoxy) is 3. The zero-order chi connectivity index (χ0) is 21.5. The SMILES string of the molecule is CCOc1ccc(N(c2ccc(OC)cc2)c2ccc(Oc3ccccc3)cc2)cc1. The second-order valence-electron chi connectivity index (χ2n) is 6.87. The van der Waals surface area contributed by atoms with Crippen LogP contribution in [0.3, 0.4) is 0 Å². The molecule has 4 rings (SSSR count). The maximum Gasteiger partial charge on any atom is 0.127 e. The third kappa shape index (κ3) is 4.98. The van der Waals surface area contributed by atoms with Crippen molar-refractivity contribution in [1.29, 1.82) is 0 Å². The van der Waals surface area contributed by atoms with E-state index in [0.29, 0.717) is 6.61 Å². The summed E-state index contributed by atoms with van der Waals surface area (Å²) < 4.78 is 16.9. The fourth-order valence-corrected chi connectivity index (χ4v) is 3.32. The van der Waals surface area contributed by atoms with Crippen molar-refractivity contribution in [3.63, 3.8) is 0 Å². The molecule has 0 atom stereocenters. The molecule has 0 amide bonds. The summed E-state index contributed by atoms with van der Waals surface area (Å²) >= 11 is 0. The van der Waals surface area contributed by atoms with Crippen molar-refractivity contribution in [2.75, 3.05) is 18.6 Å². The van der Waals surface area contributed by atoms with Gasteiger partial charge >= 0.3 is 0 Å². The van der Waals surface area contributed by atoms with Crippen LogP contribution in [0.5, 0.6) is 23.0 Å². The highest BCUT2D eigenvalue weighted by Gasteiger charge is 2.13. The van der Waals surface area contributed by atoms with Gasteiger partial charge in [0.2, 0.25) is 0 Å². The number of nitrogens with zero attached hydrogens (tertiary/aromatic N) is 1. The molecule has 4 heteroatoms. The van der Waals surface area contributed by atoms with Crippen LogP contribution in [-0.4, -0.2) is 13.7 Å². The standard InChI is InChI=1S/C27H25NO3/c1-3-30-25-17-11-22(12-18-25)28(21-9-15-24(29-2)16-10-21)23-13-19-27(20-14-23)31-26-7-5-4-6-8-26/h4-20H,3H2,1-2H3. The number of methoxy groups -OCH3 is 1. The molecular formula is C27H25NO3. The molecule has 4 aromatic rings.